The number of nitrogens with one attached hydrogen (secondary N) is 2. The van der Waals surface area contributed by atoms with Gasteiger partial charge in [-0.2, -0.15) is 0 Å². The number of sulfonamides is 1. The summed E-state index contributed by atoms with van der Waals surface area (Å²) in [6.07, 6.45) is 1.79. The molecule has 0 radical (unpaired) electrons. The maximum atomic E-state index is 11.7. The third-order valence-electron chi connectivity index (χ3n) is 3.33. The second-order valence-electron chi connectivity index (χ2n) is 5.03. The molecule has 0 aromatic carbocycles. The molecule has 1 heterocycles. The van der Waals surface area contributed by atoms with Crippen LogP contribution in [0.1, 0.15) is 26.2 Å². The summed E-state index contributed by atoms with van der Waals surface area (Å²) >= 11 is 0. The Bertz CT molecular complexity index is 375. The molecular formula is C11H22N2O4S. The summed E-state index contributed by atoms with van der Waals surface area (Å²) < 4.78 is 30.4. The lowest BCUT2D eigenvalue weighted by atomic mass is 9.81. The average molecular weight is 278 g/mol. The Morgan fingerprint density at radius 1 is 1.39 bits per heavy atom. The average Bonchev–Trinajstić information content (AvgIpc) is 2.35. The molecule has 0 aromatic rings. The van der Waals surface area contributed by atoms with E-state index in [4.69, 9.17) is 0 Å². The van der Waals surface area contributed by atoms with Gasteiger partial charge >= 0.3 is 5.97 Å². The number of esters is 1. The molecule has 0 unspecified atom stereocenters. The molecule has 0 saturated carbocycles. The van der Waals surface area contributed by atoms with Crippen LogP contribution in [0.3, 0.4) is 0 Å². The molecule has 2 N–H and O–H groups in total. The van der Waals surface area contributed by atoms with Crippen LogP contribution in [0.5, 0.6) is 0 Å². The van der Waals surface area contributed by atoms with Crippen molar-refractivity contribution in [1.29, 1.82) is 0 Å². The number of carbonyl (C=O) groups is 1. The van der Waals surface area contributed by atoms with Gasteiger partial charge in [0, 0.05) is 6.54 Å². The van der Waals surface area contributed by atoms with Crippen LogP contribution in [0.4, 0.5) is 0 Å². The molecule has 1 saturated heterocycles. The topological polar surface area (TPSA) is 84.5 Å². The van der Waals surface area contributed by atoms with Crippen molar-refractivity contribution in [1.82, 2.24) is 10.0 Å². The first-order chi connectivity index (χ1) is 8.37. The summed E-state index contributed by atoms with van der Waals surface area (Å²) in [6.45, 7) is 4.34. The van der Waals surface area contributed by atoms with Crippen molar-refractivity contribution in [2.75, 3.05) is 32.5 Å². The van der Waals surface area contributed by atoms with Gasteiger partial charge in [-0.1, -0.05) is 6.92 Å². The molecule has 6 nitrogen and oxygen atoms in total. The summed E-state index contributed by atoms with van der Waals surface area (Å²) in [5.41, 5.74) is 0.00356. The van der Waals surface area contributed by atoms with Crippen molar-refractivity contribution >= 4 is 16.0 Å². The Labute approximate surface area is 109 Å². The predicted octanol–water partition coefficient (Wildman–Crippen LogP) is -0.141. The molecule has 1 aliphatic heterocycles. The molecule has 106 valence electrons. The fraction of sp³-hybridized carbons (Fsp3) is 0.909. The fourth-order valence-electron chi connectivity index (χ4n) is 1.88. The van der Waals surface area contributed by atoms with Crippen LogP contribution in [-0.2, 0) is 19.6 Å². The largest absolute Gasteiger partial charge is 0.469 e. The Morgan fingerprint density at radius 2 is 2.00 bits per heavy atom. The van der Waals surface area contributed by atoms with E-state index in [1.54, 1.807) is 0 Å². The Hall–Kier alpha value is -0.660. The third kappa shape index (κ3) is 5.32. The molecule has 0 aromatic heterocycles. The molecule has 1 aliphatic rings. The first kappa shape index (κ1) is 15.4. The summed E-state index contributed by atoms with van der Waals surface area (Å²) in [5, 5.41) is 3.25. The number of ether oxygens (including phenoxy) is 1. The zero-order chi connectivity index (χ0) is 13.6. The lowest BCUT2D eigenvalue weighted by Gasteiger charge is -2.34. The van der Waals surface area contributed by atoms with Crippen LogP contribution in [0.15, 0.2) is 0 Å². The third-order valence-corrected chi connectivity index (χ3v) is 4.66. The van der Waals surface area contributed by atoms with Gasteiger partial charge in [-0.15, -0.1) is 0 Å². The van der Waals surface area contributed by atoms with Crippen LogP contribution in [0.2, 0.25) is 0 Å². The normalized spacial score (nSPS) is 19.4. The fourth-order valence-corrected chi connectivity index (χ4v) is 3.03. The molecule has 1 fully saturated rings. The second-order valence-corrected chi connectivity index (χ2v) is 6.95. The molecule has 0 amide bonds. The quantitative estimate of drug-likeness (QED) is 0.661. The van der Waals surface area contributed by atoms with E-state index in [-0.39, 0.29) is 17.6 Å². The van der Waals surface area contributed by atoms with Crippen molar-refractivity contribution in [2.45, 2.75) is 26.2 Å². The summed E-state index contributed by atoms with van der Waals surface area (Å²) in [4.78, 5) is 10.9. The molecular weight excluding hydrogens is 256 g/mol. The standard InChI is InChI=1S/C11H22N2O4S/c1-11(4-6-12-7-5-11)9-13-18(15,16)8-3-10(14)17-2/h12-13H,3-9H2,1-2H3. The Balaban J connectivity index is 2.38. The van der Waals surface area contributed by atoms with Crippen LogP contribution in [-0.4, -0.2) is 46.9 Å². The van der Waals surface area contributed by atoms with E-state index in [0.29, 0.717) is 6.54 Å². The van der Waals surface area contributed by atoms with Gasteiger partial charge in [-0.25, -0.2) is 13.1 Å². The number of carbonyl (C=O) groups excluding carboxylic acids is 1. The number of piperidine rings is 1. The lowest BCUT2D eigenvalue weighted by molar-refractivity contribution is -0.140. The second kappa shape index (κ2) is 6.49. The van der Waals surface area contributed by atoms with Gasteiger partial charge < -0.3 is 10.1 Å². The maximum Gasteiger partial charge on any atom is 0.306 e. The van der Waals surface area contributed by atoms with Crippen LogP contribution >= 0.6 is 0 Å². The van der Waals surface area contributed by atoms with Gasteiger partial charge in [-0.05, 0) is 31.3 Å². The molecule has 0 aliphatic carbocycles. The molecule has 1 rings (SSSR count). The van der Waals surface area contributed by atoms with E-state index < -0.39 is 16.0 Å². The minimum atomic E-state index is -3.40. The van der Waals surface area contributed by atoms with Crippen molar-refractivity contribution in [3.05, 3.63) is 0 Å². The Morgan fingerprint density at radius 3 is 2.56 bits per heavy atom. The predicted molar refractivity (Wildman–Crippen MR) is 68.6 cm³/mol. The van der Waals surface area contributed by atoms with Crippen LogP contribution in [0.25, 0.3) is 0 Å². The minimum absolute atomic E-state index is 0.00356. The summed E-state index contributed by atoms with van der Waals surface area (Å²) in [5.74, 6) is -0.720. The van der Waals surface area contributed by atoms with Gasteiger partial charge in [0.2, 0.25) is 10.0 Å². The summed E-state index contributed by atoms with van der Waals surface area (Å²) in [6, 6.07) is 0. The van der Waals surface area contributed by atoms with E-state index >= 15 is 0 Å². The number of methoxy groups -OCH3 is 1. The first-order valence-corrected chi connectivity index (χ1v) is 7.77. The zero-order valence-electron chi connectivity index (χ0n) is 11.0. The maximum absolute atomic E-state index is 11.7. The van der Waals surface area contributed by atoms with Gasteiger partial charge in [0.05, 0.1) is 19.3 Å². The molecule has 18 heavy (non-hydrogen) atoms. The zero-order valence-corrected chi connectivity index (χ0v) is 11.8. The highest BCUT2D eigenvalue weighted by Crippen LogP contribution is 2.26. The Kier molecular flexibility index (Phi) is 5.55. The van der Waals surface area contributed by atoms with Gasteiger partial charge in [-0.3, -0.25) is 4.79 Å². The SMILES string of the molecule is COC(=O)CCS(=O)(=O)NCC1(C)CCNCC1. The van der Waals surface area contributed by atoms with E-state index in [0.717, 1.165) is 25.9 Å². The first-order valence-electron chi connectivity index (χ1n) is 6.12. The van der Waals surface area contributed by atoms with Crippen LogP contribution < -0.4 is 10.0 Å². The highest BCUT2D eigenvalue weighted by atomic mass is 32.2. The van der Waals surface area contributed by atoms with Crippen molar-refractivity contribution in [3.63, 3.8) is 0 Å². The minimum Gasteiger partial charge on any atom is -0.469 e. The van der Waals surface area contributed by atoms with E-state index in [2.05, 4.69) is 21.7 Å². The smallest absolute Gasteiger partial charge is 0.306 e. The monoisotopic (exact) mass is 278 g/mol. The molecule has 0 bridgehead atoms. The highest BCUT2D eigenvalue weighted by molar-refractivity contribution is 7.89. The summed E-state index contributed by atoms with van der Waals surface area (Å²) in [7, 11) is -2.15. The van der Waals surface area contributed by atoms with Gasteiger partial charge in [0.15, 0.2) is 0 Å². The molecule has 0 atom stereocenters. The van der Waals surface area contributed by atoms with Crippen LogP contribution in [0, 0.1) is 5.41 Å². The number of rotatable bonds is 6. The van der Waals surface area contributed by atoms with Crippen molar-refractivity contribution < 1.29 is 17.9 Å². The van der Waals surface area contributed by atoms with Gasteiger partial charge in [0.1, 0.15) is 0 Å². The molecule has 7 heteroatoms. The molecule has 0 spiro atoms. The lowest BCUT2D eigenvalue weighted by Crippen LogP contribution is -2.43. The number of hydrogen-bond donors (Lipinski definition) is 2. The van der Waals surface area contributed by atoms with Crippen molar-refractivity contribution in [3.8, 4) is 0 Å². The van der Waals surface area contributed by atoms with E-state index in [1.165, 1.54) is 7.11 Å². The van der Waals surface area contributed by atoms with Gasteiger partial charge in [0.25, 0.3) is 0 Å². The van der Waals surface area contributed by atoms with Crippen molar-refractivity contribution in [2.24, 2.45) is 5.41 Å². The number of hydrogen-bond acceptors (Lipinski definition) is 5. The highest BCUT2D eigenvalue weighted by Gasteiger charge is 2.28. The van der Waals surface area contributed by atoms with E-state index in [9.17, 15) is 13.2 Å². The van der Waals surface area contributed by atoms with E-state index in [1.807, 2.05) is 0 Å².